The van der Waals surface area contributed by atoms with E-state index in [-0.39, 0.29) is 37.1 Å². The lowest BCUT2D eigenvalue weighted by atomic mass is 10.1. The molecule has 7 heteroatoms. The standard InChI is InChI=1S/C19H20N2O5/c1-2-26-18(22)12-13-20(14-15-6-4-3-5-7-15)19(23)16-8-10-17(11-9-16)21(24)25/h3-11H,2,12-14H2,1H3. The Bertz CT molecular complexity index is 759. The number of nitrogens with zero attached hydrogens (tertiary/aromatic N) is 2. The van der Waals surface area contributed by atoms with Crippen LogP contribution in [-0.2, 0) is 16.1 Å². The number of esters is 1. The molecule has 0 atom stereocenters. The quantitative estimate of drug-likeness (QED) is 0.412. The molecular weight excluding hydrogens is 336 g/mol. The second-order valence-corrected chi connectivity index (χ2v) is 5.57. The lowest BCUT2D eigenvalue weighted by Crippen LogP contribution is -2.32. The molecule has 2 rings (SSSR count). The van der Waals surface area contributed by atoms with Gasteiger partial charge in [0.15, 0.2) is 0 Å². The summed E-state index contributed by atoms with van der Waals surface area (Å²) in [6, 6.07) is 14.8. The number of ether oxygens (including phenoxy) is 1. The fraction of sp³-hybridized carbons (Fsp3) is 0.263. The van der Waals surface area contributed by atoms with E-state index in [4.69, 9.17) is 4.74 Å². The highest BCUT2D eigenvalue weighted by Crippen LogP contribution is 2.15. The Morgan fingerprint density at radius 2 is 1.73 bits per heavy atom. The summed E-state index contributed by atoms with van der Waals surface area (Å²) in [5.41, 5.74) is 1.17. The van der Waals surface area contributed by atoms with Crippen LogP contribution in [0.4, 0.5) is 5.69 Å². The first-order chi connectivity index (χ1) is 12.5. The third-order valence-corrected chi connectivity index (χ3v) is 3.72. The van der Waals surface area contributed by atoms with Gasteiger partial charge in [-0.25, -0.2) is 0 Å². The van der Waals surface area contributed by atoms with Gasteiger partial charge in [-0.2, -0.15) is 0 Å². The molecule has 26 heavy (non-hydrogen) atoms. The first-order valence-corrected chi connectivity index (χ1v) is 8.24. The number of hydrogen-bond acceptors (Lipinski definition) is 5. The zero-order valence-electron chi connectivity index (χ0n) is 14.5. The van der Waals surface area contributed by atoms with E-state index in [1.807, 2.05) is 30.3 Å². The molecule has 7 nitrogen and oxygen atoms in total. The van der Waals surface area contributed by atoms with Crippen LogP contribution in [0.5, 0.6) is 0 Å². The van der Waals surface area contributed by atoms with Gasteiger partial charge in [0.1, 0.15) is 0 Å². The molecule has 0 unspecified atom stereocenters. The maximum Gasteiger partial charge on any atom is 0.307 e. The topological polar surface area (TPSA) is 89.8 Å². The van der Waals surface area contributed by atoms with Crippen molar-refractivity contribution < 1.29 is 19.2 Å². The molecule has 0 aromatic heterocycles. The summed E-state index contributed by atoms with van der Waals surface area (Å²) < 4.78 is 4.92. The lowest BCUT2D eigenvalue weighted by Gasteiger charge is -2.22. The maximum atomic E-state index is 12.8. The van der Waals surface area contributed by atoms with Crippen LogP contribution < -0.4 is 0 Å². The second-order valence-electron chi connectivity index (χ2n) is 5.57. The molecule has 0 aliphatic heterocycles. The highest BCUT2D eigenvalue weighted by atomic mass is 16.6. The predicted molar refractivity (Wildman–Crippen MR) is 95.5 cm³/mol. The smallest absolute Gasteiger partial charge is 0.307 e. The summed E-state index contributed by atoms with van der Waals surface area (Å²) >= 11 is 0. The Morgan fingerprint density at radius 1 is 1.08 bits per heavy atom. The Hall–Kier alpha value is -3.22. The fourth-order valence-electron chi connectivity index (χ4n) is 2.42. The van der Waals surface area contributed by atoms with Gasteiger partial charge >= 0.3 is 5.97 Å². The first-order valence-electron chi connectivity index (χ1n) is 8.24. The molecule has 0 aliphatic carbocycles. The third kappa shape index (κ3) is 5.41. The highest BCUT2D eigenvalue weighted by Gasteiger charge is 2.18. The summed E-state index contributed by atoms with van der Waals surface area (Å²) in [5, 5.41) is 10.8. The third-order valence-electron chi connectivity index (χ3n) is 3.72. The average molecular weight is 356 g/mol. The lowest BCUT2D eigenvalue weighted by molar-refractivity contribution is -0.384. The molecule has 0 N–H and O–H groups in total. The molecule has 0 aliphatic rings. The van der Waals surface area contributed by atoms with Crippen molar-refractivity contribution in [1.82, 2.24) is 4.90 Å². The van der Waals surface area contributed by atoms with Crippen LogP contribution in [0.25, 0.3) is 0 Å². The molecule has 0 heterocycles. The zero-order chi connectivity index (χ0) is 18.9. The monoisotopic (exact) mass is 356 g/mol. The summed E-state index contributed by atoms with van der Waals surface area (Å²) in [7, 11) is 0. The molecule has 2 aromatic rings. The second kappa shape index (κ2) is 9.31. The summed E-state index contributed by atoms with van der Waals surface area (Å²) in [6.07, 6.45) is 0.0827. The largest absolute Gasteiger partial charge is 0.466 e. The number of rotatable bonds is 8. The molecule has 0 radical (unpaired) electrons. The van der Waals surface area contributed by atoms with Gasteiger partial charge in [-0.05, 0) is 24.6 Å². The van der Waals surface area contributed by atoms with Crippen molar-refractivity contribution in [3.05, 3.63) is 75.8 Å². The molecule has 136 valence electrons. The van der Waals surface area contributed by atoms with Crippen molar-refractivity contribution in [2.45, 2.75) is 19.9 Å². The normalized spacial score (nSPS) is 10.2. The van der Waals surface area contributed by atoms with E-state index < -0.39 is 4.92 Å². The van der Waals surface area contributed by atoms with Crippen LogP contribution in [0.3, 0.4) is 0 Å². The van der Waals surface area contributed by atoms with E-state index in [9.17, 15) is 19.7 Å². The zero-order valence-corrected chi connectivity index (χ0v) is 14.5. The minimum atomic E-state index is -0.517. The van der Waals surface area contributed by atoms with E-state index >= 15 is 0 Å². The van der Waals surface area contributed by atoms with Crippen LogP contribution in [0, 0.1) is 10.1 Å². The molecule has 0 bridgehead atoms. The van der Waals surface area contributed by atoms with Crippen molar-refractivity contribution in [1.29, 1.82) is 0 Å². The highest BCUT2D eigenvalue weighted by molar-refractivity contribution is 5.94. The van der Waals surface area contributed by atoms with Crippen LogP contribution in [-0.4, -0.2) is 34.9 Å². The van der Waals surface area contributed by atoms with Gasteiger partial charge in [-0.1, -0.05) is 30.3 Å². The van der Waals surface area contributed by atoms with Crippen molar-refractivity contribution in [3.63, 3.8) is 0 Å². The van der Waals surface area contributed by atoms with E-state index in [1.54, 1.807) is 6.92 Å². The van der Waals surface area contributed by atoms with Crippen molar-refractivity contribution in [3.8, 4) is 0 Å². The Kier molecular flexibility index (Phi) is 6.84. The molecule has 1 amide bonds. The van der Waals surface area contributed by atoms with Gasteiger partial charge in [0, 0.05) is 30.8 Å². The molecule has 0 spiro atoms. The minimum absolute atomic E-state index is 0.0808. The van der Waals surface area contributed by atoms with Crippen LogP contribution in [0.15, 0.2) is 54.6 Å². The van der Waals surface area contributed by atoms with Crippen molar-refractivity contribution >= 4 is 17.6 Å². The summed E-state index contributed by atoms with van der Waals surface area (Å²) in [6.45, 7) is 2.54. The van der Waals surface area contributed by atoms with Gasteiger partial charge < -0.3 is 9.64 Å². The van der Waals surface area contributed by atoms with E-state index in [1.165, 1.54) is 29.2 Å². The molecule has 0 saturated carbocycles. The van der Waals surface area contributed by atoms with Gasteiger partial charge in [-0.15, -0.1) is 0 Å². The first kappa shape index (κ1) is 19.1. The molecule has 0 fully saturated rings. The Morgan fingerprint density at radius 3 is 2.31 bits per heavy atom. The van der Waals surface area contributed by atoms with Gasteiger partial charge in [0.2, 0.25) is 0 Å². The van der Waals surface area contributed by atoms with E-state index in [0.717, 1.165) is 5.56 Å². The number of carbonyl (C=O) groups is 2. The van der Waals surface area contributed by atoms with Gasteiger partial charge in [0.25, 0.3) is 11.6 Å². The number of nitro groups is 1. The number of carbonyl (C=O) groups excluding carboxylic acids is 2. The summed E-state index contributed by atoms with van der Waals surface area (Å²) in [5.74, 6) is -0.671. The molecule has 0 saturated heterocycles. The molecule has 2 aromatic carbocycles. The Labute approximate surface area is 151 Å². The van der Waals surface area contributed by atoms with Crippen LogP contribution >= 0.6 is 0 Å². The van der Waals surface area contributed by atoms with Crippen molar-refractivity contribution in [2.75, 3.05) is 13.2 Å². The van der Waals surface area contributed by atoms with Crippen LogP contribution in [0.1, 0.15) is 29.3 Å². The number of nitro benzene ring substituents is 1. The number of non-ortho nitro benzene ring substituents is 1. The van der Waals surface area contributed by atoms with Gasteiger partial charge in [0.05, 0.1) is 18.0 Å². The summed E-state index contributed by atoms with van der Waals surface area (Å²) in [4.78, 5) is 36.2. The van der Waals surface area contributed by atoms with Gasteiger partial charge in [-0.3, -0.25) is 19.7 Å². The van der Waals surface area contributed by atoms with Crippen LogP contribution in [0.2, 0.25) is 0 Å². The van der Waals surface area contributed by atoms with Crippen molar-refractivity contribution in [2.24, 2.45) is 0 Å². The van der Waals surface area contributed by atoms with E-state index in [2.05, 4.69) is 0 Å². The Balaban J connectivity index is 2.16. The molecular formula is C19H20N2O5. The fourth-order valence-corrected chi connectivity index (χ4v) is 2.42. The average Bonchev–Trinajstić information content (AvgIpc) is 2.65. The number of hydrogen-bond donors (Lipinski definition) is 0. The number of benzene rings is 2. The number of amides is 1. The van der Waals surface area contributed by atoms with E-state index in [0.29, 0.717) is 12.1 Å². The maximum absolute atomic E-state index is 12.8. The SMILES string of the molecule is CCOC(=O)CCN(Cc1ccccc1)C(=O)c1ccc([N+](=O)[O-])cc1. The minimum Gasteiger partial charge on any atom is -0.466 e. The predicted octanol–water partition coefficient (Wildman–Crippen LogP) is 3.19.